The first kappa shape index (κ1) is 31.4. The number of hydrogen-bond acceptors (Lipinski definition) is 3. The molecule has 0 aromatic carbocycles. The zero-order valence-electron chi connectivity index (χ0n) is 28.5. The van der Waals surface area contributed by atoms with Crippen molar-refractivity contribution in [3.05, 3.63) is 35.5 Å². The van der Waals surface area contributed by atoms with Crippen LogP contribution in [0.15, 0.2) is 35.5 Å². The van der Waals surface area contributed by atoms with Gasteiger partial charge in [0.1, 0.15) is 0 Å². The molecule has 0 bridgehead atoms. The Labute approximate surface area is 268 Å². The zero-order chi connectivity index (χ0) is 31.1. The van der Waals surface area contributed by atoms with Crippen LogP contribution in [-0.2, 0) is 4.79 Å². The SMILES string of the molecule is C=C1C=C2CCC3C(CC[C@@]4(C)C3CC[C@@H]4O)[C@@]2(CC)CC1.CC[C@]12CCC(=O)C=C1CCC1C2CC[C@@]2(C)C1CC[C@@H]2O. The lowest BCUT2D eigenvalue weighted by molar-refractivity contribution is -0.118. The molecule has 0 amide bonds. The summed E-state index contributed by atoms with van der Waals surface area (Å²) in [7, 11) is 0. The number of rotatable bonds is 2. The zero-order valence-corrected chi connectivity index (χ0v) is 28.5. The first-order chi connectivity index (χ1) is 21.0. The molecule has 3 nitrogen and oxygen atoms in total. The van der Waals surface area contributed by atoms with E-state index in [1.54, 1.807) is 5.57 Å². The van der Waals surface area contributed by atoms with E-state index in [-0.39, 0.29) is 23.0 Å². The normalized spacial score (nSPS) is 50.9. The predicted octanol–water partition coefficient (Wildman–Crippen LogP) is 9.53. The molecule has 8 rings (SSSR count). The van der Waals surface area contributed by atoms with Gasteiger partial charge in [0.05, 0.1) is 12.2 Å². The van der Waals surface area contributed by atoms with E-state index in [1.807, 2.05) is 6.08 Å². The van der Waals surface area contributed by atoms with Crippen molar-refractivity contribution in [3.8, 4) is 0 Å². The maximum absolute atomic E-state index is 11.9. The number of carbonyl (C=O) groups is 1. The van der Waals surface area contributed by atoms with Crippen LogP contribution in [0, 0.1) is 57.2 Å². The third-order valence-corrected chi connectivity index (χ3v) is 16.7. The van der Waals surface area contributed by atoms with Gasteiger partial charge in [0, 0.05) is 6.42 Å². The van der Waals surface area contributed by atoms with Crippen LogP contribution in [0.5, 0.6) is 0 Å². The largest absolute Gasteiger partial charge is 0.393 e. The van der Waals surface area contributed by atoms with Crippen molar-refractivity contribution in [2.24, 2.45) is 57.2 Å². The van der Waals surface area contributed by atoms with Crippen molar-refractivity contribution in [1.29, 1.82) is 0 Å². The van der Waals surface area contributed by atoms with Crippen LogP contribution in [0.3, 0.4) is 0 Å². The molecule has 244 valence electrons. The summed E-state index contributed by atoms with van der Waals surface area (Å²) in [5, 5.41) is 21.0. The summed E-state index contributed by atoms with van der Waals surface area (Å²) in [6.07, 6.45) is 25.8. The van der Waals surface area contributed by atoms with Gasteiger partial charge in [0.15, 0.2) is 5.78 Å². The van der Waals surface area contributed by atoms with Crippen molar-refractivity contribution in [1.82, 2.24) is 0 Å². The Morgan fingerprint density at radius 1 is 0.636 bits per heavy atom. The molecule has 0 saturated heterocycles. The van der Waals surface area contributed by atoms with E-state index in [9.17, 15) is 15.0 Å². The van der Waals surface area contributed by atoms with Gasteiger partial charge in [-0.3, -0.25) is 4.79 Å². The molecular formula is C41H62O3. The summed E-state index contributed by atoms with van der Waals surface area (Å²) in [6.45, 7) is 13.7. The molecule has 6 fully saturated rings. The smallest absolute Gasteiger partial charge is 0.155 e. The maximum Gasteiger partial charge on any atom is 0.155 e. The van der Waals surface area contributed by atoms with E-state index in [0.717, 1.165) is 61.7 Å². The molecule has 2 N–H and O–H groups in total. The third-order valence-electron chi connectivity index (χ3n) is 16.7. The minimum Gasteiger partial charge on any atom is -0.393 e. The summed E-state index contributed by atoms with van der Waals surface area (Å²) in [5.74, 6) is 5.11. The predicted molar refractivity (Wildman–Crippen MR) is 179 cm³/mol. The molecule has 8 aliphatic carbocycles. The average molecular weight is 603 g/mol. The Kier molecular flexibility index (Phi) is 8.00. The van der Waals surface area contributed by atoms with Crippen molar-refractivity contribution in [3.63, 3.8) is 0 Å². The van der Waals surface area contributed by atoms with Crippen molar-refractivity contribution in [2.75, 3.05) is 0 Å². The van der Waals surface area contributed by atoms with E-state index >= 15 is 0 Å². The van der Waals surface area contributed by atoms with Gasteiger partial charge in [-0.1, -0.05) is 57.1 Å². The lowest BCUT2D eigenvalue weighted by Gasteiger charge is -2.59. The minimum atomic E-state index is -0.0825. The van der Waals surface area contributed by atoms with Gasteiger partial charge in [-0.05, 0) is 172 Å². The highest BCUT2D eigenvalue weighted by Gasteiger charge is 2.61. The standard InChI is InChI=1S/C21H32O.C20H30O2/c1-4-21-12-9-14(2)13-15(21)5-6-16-17-7-8-19(22)20(17,3)11-10-18(16)21;1-3-20-11-8-14(21)12-13(20)4-5-15-16-6-7-18(22)19(16,2)10-9-17(15)20/h13,16-19,22H,2,4-12H2,1,3H3;12,15-18,22H,3-11H2,1-2H3/t16?,17?,18?,19-,20-,21-;15?,16?,17?,18-,19-,20-/m00/s1. The van der Waals surface area contributed by atoms with Gasteiger partial charge >= 0.3 is 0 Å². The van der Waals surface area contributed by atoms with Crippen molar-refractivity contribution < 1.29 is 15.0 Å². The Bertz CT molecular complexity index is 1130. The van der Waals surface area contributed by atoms with Gasteiger partial charge < -0.3 is 10.2 Å². The summed E-state index contributed by atoms with van der Waals surface area (Å²) < 4.78 is 0. The van der Waals surface area contributed by atoms with E-state index < -0.39 is 0 Å². The molecule has 12 atom stereocenters. The number of ketones is 1. The van der Waals surface area contributed by atoms with Gasteiger partial charge in [-0.25, -0.2) is 0 Å². The number of hydrogen-bond donors (Lipinski definition) is 2. The molecule has 0 heterocycles. The second-order valence-corrected chi connectivity index (χ2v) is 17.6. The molecule has 8 aliphatic rings. The van der Waals surface area contributed by atoms with Crippen LogP contribution < -0.4 is 0 Å². The highest BCUT2D eigenvalue weighted by molar-refractivity contribution is 5.91. The van der Waals surface area contributed by atoms with Crippen LogP contribution in [0.4, 0.5) is 0 Å². The molecule has 0 aromatic rings. The summed E-state index contributed by atoms with van der Waals surface area (Å²) in [4.78, 5) is 11.9. The minimum absolute atomic E-state index is 0.0425. The van der Waals surface area contributed by atoms with Crippen molar-refractivity contribution >= 4 is 5.78 Å². The van der Waals surface area contributed by atoms with Crippen LogP contribution in [0.2, 0.25) is 0 Å². The van der Waals surface area contributed by atoms with Crippen LogP contribution >= 0.6 is 0 Å². The Balaban J connectivity index is 0.000000142. The van der Waals surface area contributed by atoms with Gasteiger partial charge in [0.2, 0.25) is 0 Å². The maximum atomic E-state index is 11.9. The molecule has 0 radical (unpaired) electrons. The van der Waals surface area contributed by atoms with Gasteiger partial charge in [-0.15, -0.1) is 0 Å². The number of fused-ring (bicyclic) bond motifs is 10. The number of aliphatic hydroxyl groups is 2. The highest BCUT2D eigenvalue weighted by atomic mass is 16.3. The number of carbonyl (C=O) groups excluding carboxylic acids is 1. The topological polar surface area (TPSA) is 57.5 Å². The lowest BCUT2D eigenvalue weighted by atomic mass is 9.46. The third kappa shape index (κ3) is 4.43. The van der Waals surface area contributed by atoms with Gasteiger partial charge in [0.25, 0.3) is 0 Å². The second kappa shape index (κ2) is 11.2. The second-order valence-electron chi connectivity index (χ2n) is 17.6. The molecule has 44 heavy (non-hydrogen) atoms. The lowest BCUT2D eigenvalue weighted by Crippen LogP contribution is -2.52. The molecule has 0 aliphatic heterocycles. The Morgan fingerprint density at radius 3 is 1.61 bits per heavy atom. The molecule has 0 aromatic heterocycles. The van der Waals surface area contributed by atoms with E-state index in [0.29, 0.717) is 22.5 Å². The summed E-state index contributed by atoms with van der Waals surface area (Å²) >= 11 is 0. The summed E-state index contributed by atoms with van der Waals surface area (Å²) in [5.41, 5.74) is 5.74. The fourth-order valence-electron chi connectivity index (χ4n) is 14.1. The molecule has 3 heteroatoms. The van der Waals surface area contributed by atoms with Crippen LogP contribution in [0.1, 0.15) is 143 Å². The number of aliphatic hydroxyl groups excluding tert-OH is 2. The molecular weight excluding hydrogens is 540 g/mol. The quantitative estimate of drug-likeness (QED) is 0.331. The highest BCUT2D eigenvalue weighted by Crippen LogP contribution is 2.68. The van der Waals surface area contributed by atoms with Gasteiger partial charge in [-0.2, -0.15) is 0 Å². The van der Waals surface area contributed by atoms with E-state index in [1.165, 1.54) is 94.6 Å². The Hall–Kier alpha value is -1.19. The molecule has 0 spiro atoms. The van der Waals surface area contributed by atoms with Crippen molar-refractivity contribution in [2.45, 2.75) is 155 Å². The first-order valence-electron chi connectivity index (χ1n) is 19.0. The van der Waals surface area contributed by atoms with Crippen LogP contribution in [0.25, 0.3) is 0 Å². The molecule has 6 unspecified atom stereocenters. The van der Waals surface area contributed by atoms with E-state index in [2.05, 4.69) is 40.3 Å². The monoisotopic (exact) mass is 602 g/mol. The fraction of sp³-hybridized carbons (Fsp3) is 0.829. The first-order valence-corrected chi connectivity index (χ1v) is 19.0. The summed E-state index contributed by atoms with van der Waals surface area (Å²) in [6, 6.07) is 0. The molecule has 6 saturated carbocycles. The fourth-order valence-corrected chi connectivity index (χ4v) is 14.1. The van der Waals surface area contributed by atoms with E-state index in [4.69, 9.17) is 0 Å². The number of allylic oxidation sites excluding steroid dienone is 4. The average Bonchev–Trinajstić information content (AvgIpc) is 3.51. The Morgan fingerprint density at radius 2 is 1.11 bits per heavy atom. The van der Waals surface area contributed by atoms with Crippen LogP contribution in [-0.4, -0.2) is 28.2 Å².